The van der Waals surface area contributed by atoms with Gasteiger partial charge in [0.2, 0.25) is 0 Å². The molecular formula is C15H33NO3. The third-order valence-corrected chi connectivity index (χ3v) is 3.06. The number of hydrogen-bond donors (Lipinski definition) is 1. The van der Waals surface area contributed by atoms with Crippen molar-refractivity contribution in [3.63, 3.8) is 0 Å². The number of unbranched alkanes of at least 4 members (excludes halogenated alkanes) is 3. The molecule has 0 aliphatic carbocycles. The van der Waals surface area contributed by atoms with Crippen LogP contribution in [0.4, 0.5) is 0 Å². The summed E-state index contributed by atoms with van der Waals surface area (Å²) in [5.41, 5.74) is 0. The van der Waals surface area contributed by atoms with Gasteiger partial charge in [0.05, 0.1) is 19.6 Å². The predicted octanol–water partition coefficient (Wildman–Crippen LogP) is 4.18. The van der Waals surface area contributed by atoms with Crippen molar-refractivity contribution < 1.29 is 14.5 Å². The van der Waals surface area contributed by atoms with E-state index < -0.39 is 5.97 Å². The van der Waals surface area contributed by atoms with E-state index in [-0.39, 0.29) is 11.1 Å². The van der Waals surface area contributed by atoms with Gasteiger partial charge in [-0.2, -0.15) is 0 Å². The van der Waals surface area contributed by atoms with Crippen molar-refractivity contribution in [1.82, 2.24) is 0 Å². The minimum atomic E-state index is -0.745. The van der Waals surface area contributed by atoms with Crippen LogP contribution in [-0.2, 0) is 4.79 Å². The molecular weight excluding hydrogens is 242 g/mol. The minimum absolute atomic E-state index is 0.0650. The lowest BCUT2D eigenvalue weighted by Gasteiger charge is -2.43. The number of hydrogen-bond acceptors (Lipinski definition) is 2. The first-order valence-electron chi connectivity index (χ1n) is 7.74. The molecule has 0 aliphatic rings. The molecule has 4 heteroatoms. The standard InChI is InChI=1S/C12H27NO.C3H6O2/c1-4-7-10-13(14,11-8-5-2)12-9-6-3;1-2-3(4)5/h4-12H2,1-3H3;2H2,1H3,(H,4,5). The normalized spacial score (nSPS) is 10.8. The average molecular weight is 275 g/mol. The molecule has 0 amide bonds. The molecule has 0 heterocycles. The van der Waals surface area contributed by atoms with Crippen LogP contribution in [0.5, 0.6) is 0 Å². The molecule has 0 bridgehead atoms. The number of carboxylic acid groups (broad SMARTS) is 1. The summed E-state index contributed by atoms with van der Waals surface area (Å²) in [4.78, 5) is 9.37. The molecule has 0 saturated heterocycles. The van der Waals surface area contributed by atoms with Gasteiger partial charge in [0.25, 0.3) is 0 Å². The highest BCUT2D eigenvalue weighted by Gasteiger charge is 2.14. The van der Waals surface area contributed by atoms with Crippen molar-refractivity contribution >= 4 is 5.97 Å². The van der Waals surface area contributed by atoms with Crippen molar-refractivity contribution in [2.75, 3.05) is 19.6 Å². The Morgan fingerprint density at radius 2 is 1.16 bits per heavy atom. The van der Waals surface area contributed by atoms with Gasteiger partial charge in [0, 0.05) is 6.42 Å². The van der Waals surface area contributed by atoms with Crippen LogP contribution in [0.2, 0.25) is 0 Å². The zero-order valence-corrected chi connectivity index (χ0v) is 13.3. The van der Waals surface area contributed by atoms with E-state index in [1.165, 1.54) is 0 Å². The third kappa shape index (κ3) is 15.3. The molecule has 0 aromatic carbocycles. The van der Waals surface area contributed by atoms with E-state index in [0.717, 1.165) is 58.2 Å². The minimum Gasteiger partial charge on any atom is -0.633 e. The lowest BCUT2D eigenvalue weighted by molar-refractivity contribution is -0.881. The molecule has 0 saturated carbocycles. The molecule has 1 N–H and O–H groups in total. The van der Waals surface area contributed by atoms with Gasteiger partial charge in [-0.15, -0.1) is 0 Å². The van der Waals surface area contributed by atoms with E-state index >= 15 is 0 Å². The number of aliphatic carboxylic acids is 1. The maximum absolute atomic E-state index is 12.3. The molecule has 0 rings (SSSR count). The Hall–Kier alpha value is -0.610. The van der Waals surface area contributed by atoms with Gasteiger partial charge < -0.3 is 15.0 Å². The SMILES string of the molecule is CCC(=O)O.CCCC[N+]([O-])(CCCC)CCCC. The Balaban J connectivity index is 0. The summed E-state index contributed by atoms with van der Waals surface area (Å²) < 4.78 is 0.0650. The molecule has 0 fully saturated rings. The lowest BCUT2D eigenvalue weighted by atomic mass is 10.2. The smallest absolute Gasteiger partial charge is 0.303 e. The van der Waals surface area contributed by atoms with Crippen molar-refractivity contribution in [1.29, 1.82) is 0 Å². The number of quaternary nitrogens is 1. The van der Waals surface area contributed by atoms with E-state index in [0.29, 0.717) is 0 Å². The Bertz CT molecular complexity index is 186. The van der Waals surface area contributed by atoms with Crippen molar-refractivity contribution in [3.05, 3.63) is 5.21 Å². The highest BCUT2D eigenvalue weighted by Crippen LogP contribution is 2.12. The fourth-order valence-corrected chi connectivity index (χ4v) is 1.67. The van der Waals surface area contributed by atoms with E-state index in [1.54, 1.807) is 6.92 Å². The maximum Gasteiger partial charge on any atom is 0.303 e. The summed E-state index contributed by atoms with van der Waals surface area (Å²) in [6.07, 6.45) is 6.88. The molecule has 0 aromatic heterocycles. The summed E-state index contributed by atoms with van der Waals surface area (Å²) in [6.45, 7) is 10.6. The van der Waals surface area contributed by atoms with Gasteiger partial charge in [-0.3, -0.25) is 4.79 Å². The first kappa shape index (κ1) is 20.7. The van der Waals surface area contributed by atoms with E-state index in [1.807, 2.05) is 0 Å². The fraction of sp³-hybridized carbons (Fsp3) is 0.933. The van der Waals surface area contributed by atoms with Crippen LogP contribution in [0.25, 0.3) is 0 Å². The van der Waals surface area contributed by atoms with Gasteiger partial charge in [0.1, 0.15) is 0 Å². The Morgan fingerprint density at radius 3 is 1.32 bits per heavy atom. The second kappa shape index (κ2) is 13.8. The number of rotatable bonds is 10. The van der Waals surface area contributed by atoms with Crippen LogP contribution in [-0.4, -0.2) is 35.4 Å². The number of carbonyl (C=O) groups is 1. The molecule has 116 valence electrons. The summed E-state index contributed by atoms with van der Waals surface area (Å²) in [6, 6.07) is 0. The van der Waals surface area contributed by atoms with Crippen molar-refractivity contribution in [3.8, 4) is 0 Å². The molecule has 0 aliphatic heterocycles. The number of hydroxylamine groups is 3. The Labute approximate surface area is 119 Å². The number of carboxylic acids is 1. The summed E-state index contributed by atoms with van der Waals surface area (Å²) >= 11 is 0. The molecule has 0 atom stereocenters. The number of nitrogens with zero attached hydrogens (tertiary/aromatic N) is 1. The molecule has 19 heavy (non-hydrogen) atoms. The van der Waals surface area contributed by atoms with Gasteiger partial charge in [-0.25, -0.2) is 0 Å². The molecule has 0 radical (unpaired) electrons. The maximum atomic E-state index is 12.3. The molecule has 0 spiro atoms. The van der Waals surface area contributed by atoms with Crippen molar-refractivity contribution in [2.24, 2.45) is 0 Å². The highest BCUT2D eigenvalue weighted by atomic mass is 16.5. The topological polar surface area (TPSA) is 60.4 Å². The average Bonchev–Trinajstić information content (AvgIpc) is 2.41. The lowest BCUT2D eigenvalue weighted by Crippen LogP contribution is -2.44. The van der Waals surface area contributed by atoms with Crippen LogP contribution in [0.3, 0.4) is 0 Å². The van der Waals surface area contributed by atoms with Crippen LogP contribution in [0.15, 0.2) is 0 Å². The summed E-state index contributed by atoms with van der Waals surface area (Å²) in [5.74, 6) is -0.745. The Morgan fingerprint density at radius 1 is 0.895 bits per heavy atom. The predicted molar refractivity (Wildman–Crippen MR) is 80.9 cm³/mol. The van der Waals surface area contributed by atoms with Crippen LogP contribution < -0.4 is 0 Å². The first-order valence-corrected chi connectivity index (χ1v) is 7.74. The molecule has 0 aromatic rings. The van der Waals surface area contributed by atoms with E-state index in [2.05, 4.69) is 20.8 Å². The first-order chi connectivity index (χ1) is 8.95. The van der Waals surface area contributed by atoms with Gasteiger partial charge in [0.15, 0.2) is 0 Å². The zero-order chi connectivity index (χ0) is 15.1. The van der Waals surface area contributed by atoms with Crippen molar-refractivity contribution in [2.45, 2.75) is 72.6 Å². The quantitative estimate of drug-likeness (QED) is 0.480. The van der Waals surface area contributed by atoms with Crippen LogP contribution in [0, 0.1) is 5.21 Å². The molecule has 4 nitrogen and oxygen atoms in total. The van der Waals surface area contributed by atoms with E-state index in [4.69, 9.17) is 5.11 Å². The van der Waals surface area contributed by atoms with Gasteiger partial charge in [-0.1, -0.05) is 47.0 Å². The largest absolute Gasteiger partial charge is 0.633 e. The monoisotopic (exact) mass is 275 g/mol. The third-order valence-electron chi connectivity index (χ3n) is 3.06. The van der Waals surface area contributed by atoms with Gasteiger partial charge >= 0.3 is 5.97 Å². The zero-order valence-electron chi connectivity index (χ0n) is 13.3. The van der Waals surface area contributed by atoms with Crippen LogP contribution in [0.1, 0.15) is 72.6 Å². The highest BCUT2D eigenvalue weighted by molar-refractivity contribution is 5.66. The second-order valence-electron chi connectivity index (χ2n) is 5.04. The van der Waals surface area contributed by atoms with Gasteiger partial charge in [-0.05, 0) is 19.3 Å². The summed E-state index contributed by atoms with van der Waals surface area (Å²) in [5, 5.41) is 20.0. The fourth-order valence-electron chi connectivity index (χ4n) is 1.67. The van der Waals surface area contributed by atoms with Crippen LogP contribution >= 0.6 is 0 Å². The molecule has 0 unspecified atom stereocenters. The summed E-state index contributed by atoms with van der Waals surface area (Å²) in [7, 11) is 0. The second-order valence-corrected chi connectivity index (χ2v) is 5.04. The van der Waals surface area contributed by atoms with E-state index in [9.17, 15) is 10.0 Å². The Kier molecular flexibility index (Phi) is 15.1.